The molecule has 0 saturated heterocycles. The molecule has 0 unspecified atom stereocenters. The largest absolute Gasteiger partial charge is 0.507 e. The van der Waals surface area contributed by atoms with Gasteiger partial charge in [-0.3, -0.25) is 0 Å². The highest BCUT2D eigenvalue weighted by atomic mass is 16.3. The Kier molecular flexibility index (Phi) is 2.03. The molecule has 0 aromatic heterocycles. The van der Waals surface area contributed by atoms with Crippen LogP contribution in [-0.4, -0.2) is 5.11 Å². The van der Waals surface area contributed by atoms with Crippen LogP contribution < -0.4 is 10.4 Å². The van der Waals surface area contributed by atoms with Gasteiger partial charge in [-0.05, 0) is 34.9 Å². The van der Waals surface area contributed by atoms with E-state index in [2.05, 4.69) is 24.3 Å². The van der Waals surface area contributed by atoms with Gasteiger partial charge < -0.3 is 5.11 Å². The van der Waals surface area contributed by atoms with Crippen molar-refractivity contribution in [3.63, 3.8) is 0 Å². The minimum Gasteiger partial charge on any atom is -0.507 e. The van der Waals surface area contributed by atoms with Gasteiger partial charge in [0.1, 0.15) is 5.76 Å². The zero-order valence-electron chi connectivity index (χ0n) is 8.85. The average Bonchev–Trinajstić information content (AvgIpc) is 2.45. The molecule has 78 valence electrons. The fraction of sp³-hybridized carbons (Fsp3) is 0.0667. The molecule has 1 aromatic rings. The van der Waals surface area contributed by atoms with Crippen molar-refractivity contribution in [2.45, 2.75) is 6.42 Å². The molecule has 0 saturated carbocycles. The highest BCUT2D eigenvalue weighted by Gasteiger charge is 2.08. The van der Waals surface area contributed by atoms with E-state index in [0.29, 0.717) is 5.76 Å². The molecule has 16 heavy (non-hydrogen) atoms. The van der Waals surface area contributed by atoms with Crippen LogP contribution in [0.1, 0.15) is 6.42 Å². The van der Waals surface area contributed by atoms with Crippen LogP contribution in [0.15, 0.2) is 59.7 Å². The molecular formula is C15H12O. The lowest BCUT2D eigenvalue weighted by molar-refractivity contribution is 0.511. The lowest BCUT2D eigenvalue weighted by atomic mass is 9.98. The number of hydrogen-bond acceptors (Lipinski definition) is 1. The first-order valence-corrected chi connectivity index (χ1v) is 5.42. The van der Waals surface area contributed by atoms with Crippen LogP contribution in [0.25, 0.3) is 11.8 Å². The number of aliphatic hydroxyl groups excluding tert-OH is 1. The Morgan fingerprint density at radius 2 is 1.94 bits per heavy atom. The fourth-order valence-corrected chi connectivity index (χ4v) is 2.14. The summed E-state index contributed by atoms with van der Waals surface area (Å²) in [5.74, 6) is 0.362. The molecule has 0 spiro atoms. The summed E-state index contributed by atoms with van der Waals surface area (Å²) in [5, 5.41) is 12.0. The third kappa shape index (κ3) is 1.41. The Bertz CT molecular complexity index is 642. The van der Waals surface area contributed by atoms with E-state index >= 15 is 0 Å². The third-order valence-electron chi connectivity index (χ3n) is 2.98. The summed E-state index contributed by atoms with van der Waals surface area (Å²) in [4.78, 5) is 0. The Morgan fingerprint density at radius 1 is 1.06 bits per heavy atom. The van der Waals surface area contributed by atoms with E-state index in [1.807, 2.05) is 30.3 Å². The minimum atomic E-state index is 0.362. The van der Waals surface area contributed by atoms with Crippen LogP contribution >= 0.6 is 0 Å². The average molecular weight is 208 g/mol. The van der Waals surface area contributed by atoms with Crippen LogP contribution in [-0.2, 0) is 0 Å². The summed E-state index contributed by atoms with van der Waals surface area (Å²) in [7, 11) is 0. The first kappa shape index (κ1) is 9.22. The molecule has 0 heterocycles. The molecule has 0 fully saturated rings. The van der Waals surface area contributed by atoms with Gasteiger partial charge in [-0.1, -0.05) is 42.5 Å². The van der Waals surface area contributed by atoms with Gasteiger partial charge >= 0.3 is 0 Å². The summed E-state index contributed by atoms with van der Waals surface area (Å²) in [5.41, 5.74) is 2.37. The highest BCUT2D eigenvalue weighted by molar-refractivity contribution is 5.68. The molecule has 2 aliphatic carbocycles. The van der Waals surface area contributed by atoms with Crippen LogP contribution in [0.3, 0.4) is 0 Å². The first-order valence-electron chi connectivity index (χ1n) is 5.42. The molecule has 1 aromatic carbocycles. The van der Waals surface area contributed by atoms with E-state index in [4.69, 9.17) is 0 Å². The molecule has 0 bridgehead atoms. The summed E-state index contributed by atoms with van der Waals surface area (Å²) >= 11 is 0. The molecule has 1 heteroatoms. The Hall–Kier alpha value is -2.02. The smallest absolute Gasteiger partial charge is 0.123 e. The summed E-state index contributed by atoms with van der Waals surface area (Å²) in [6, 6.07) is 7.92. The second-order valence-corrected chi connectivity index (χ2v) is 4.04. The van der Waals surface area contributed by atoms with Crippen molar-refractivity contribution < 1.29 is 5.11 Å². The first-order chi connectivity index (χ1) is 7.84. The summed E-state index contributed by atoms with van der Waals surface area (Å²) in [6.45, 7) is 0. The van der Waals surface area contributed by atoms with Gasteiger partial charge in [0.05, 0.1) is 0 Å². The monoisotopic (exact) mass is 208 g/mol. The summed E-state index contributed by atoms with van der Waals surface area (Å²) < 4.78 is 0. The van der Waals surface area contributed by atoms with Gasteiger partial charge in [-0.15, -0.1) is 0 Å². The van der Waals surface area contributed by atoms with Crippen molar-refractivity contribution in [2.24, 2.45) is 0 Å². The maximum Gasteiger partial charge on any atom is 0.123 e. The van der Waals surface area contributed by atoms with Crippen LogP contribution in [0, 0.1) is 0 Å². The van der Waals surface area contributed by atoms with Gasteiger partial charge in [-0.2, -0.15) is 0 Å². The van der Waals surface area contributed by atoms with Crippen molar-refractivity contribution in [1.29, 1.82) is 0 Å². The van der Waals surface area contributed by atoms with E-state index < -0.39 is 0 Å². The van der Waals surface area contributed by atoms with Crippen molar-refractivity contribution in [2.75, 3.05) is 0 Å². The maximum absolute atomic E-state index is 10.0. The second kappa shape index (κ2) is 3.53. The van der Waals surface area contributed by atoms with Gasteiger partial charge in [0.2, 0.25) is 0 Å². The van der Waals surface area contributed by atoms with Crippen molar-refractivity contribution in [3.8, 4) is 0 Å². The lowest BCUT2D eigenvalue weighted by Crippen LogP contribution is -2.25. The molecule has 0 amide bonds. The van der Waals surface area contributed by atoms with Crippen LogP contribution in [0.5, 0.6) is 0 Å². The molecule has 2 aliphatic rings. The van der Waals surface area contributed by atoms with Gasteiger partial charge in [0, 0.05) is 5.22 Å². The van der Waals surface area contributed by atoms with E-state index in [-0.39, 0.29) is 0 Å². The Morgan fingerprint density at radius 3 is 2.88 bits per heavy atom. The van der Waals surface area contributed by atoms with E-state index in [1.54, 1.807) is 0 Å². The zero-order valence-corrected chi connectivity index (χ0v) is 8.85. The van der Waals surface area contributed by atoms with E-state index in [0.717, 1.165) is 16.9 Å². The van der Waals surface area contributed by atoms with E-state index in [9.17, 15) is 5.11 Å². The van der Waals surface area contributed by atoms with Gasteiger partial charge in [-0.25, -0.2) is 0 Å². The molecule has 0 atom stereocenters. The predicted octanol–water partition coefficient (Wildman–Crippen LogP) is 1.96. The maximum atomic E-state index is 10.0. The van der Waals surface area contributed by atoms with Gasteiger partial charge in [0.25, 0.3) is 0 Å². The fourth-order valence-electron chi connectivity index (χ4n) is 2.14. The Balaban J connectivity index is 2.39. The topological polar surface area (TPSA) is 20.2 Å². The molecule has 0 radical (unpaired) electrons. The highest BCUT2D eigenvalue weighted by Crippen LogP contribution is 2.22. The SMILES string of the molecule is OC1=c2ccccc2=CC2=CC=CCC2=C1. The standard InChI is InChI=1S/C15H12O/c16-15-10-12-6-2-1-5-11(12)9-13-7-3-4-8-14(13)15/h1-5,7-10,16H,6H2. The minimum absolute atomic E-state index is 0.362. The molecular weight excluding hydrogens is 196 g/mol. The second-order valence-electron chi connectivity index (χ2n) is 4.04. The quantitative estimate of drug-likeness (QED) is 0.691. The van der Waals surface area contributed by atoms with Crippen LogP contribution in [0.4, 0.5) is 0 Å². The predicted molar refractivity (Wildman–Crippen MR) is 66.1 cm³/mol. The number of hydrogen-bond donors (Lipinski definition) is 1. The van der Waals surface area contributed by atoms with E-state index in [1.165, 1.54) is 11.1 Å². The lowest BCUT2D eigenvalue weighted by Gasteiger charge is -2.08. The molecule has 0 aliphatic heterocycles. The number of benzene rings is 1. The normalized spacial score (nSPS) is 17.6. The zero-order chi connectivity index (χ0) is 11.0. The number of allylic oxidation sites excluding steroid dienone is 5. The van der Waals surface area contributed by atoms with Crippen molar-refractivity contribution in [1.82, 2.24) is 0 Å². The third-order valence-corrected chi connectivity index (χ3v) is 2.98. The van der Waals surface area contributed by atoms with Crippen LogP contribution in [0.2, 0.25) is 0 Å². The molecule has 1 N–H and O–H groups in total. The number of rotatable bonds is 0. The molecule has 3 rings (SSSR count). The number of fused-ring (bicyclic) bond motifs is 2. The number of aliphatic hydroxyl groups is 1. The molecule has 1 nitrogen and oxygen atoms in total. The summed E-state index contributed by atoms with van der Waals surface area (Å²) in [6.07, 6.45) is 11.2. The van der Waals surface area contributed by atoms with Gasteiger partial charge in [0.15, 0.2) is 0 Å². The Labute approximate surface area is 94.1 Å². The van der Waals surface area contributed by atoms with Crippen molar-refractivity contribution >= 4 is 11.8 Å². The van der Waals surface area contributed by atoms with Crippen molar-refractivity contribution in [3.05, 3.63) is 70.2 Å².